The number of carboxylic acid groups (broad SMARTS) is 1. The first-order valence-electron chi connectivity index (χ1n) is 3.97. The van der Waals surface area contributed by atoms with Crippen molar-refractivity contribution in [2.24, 2.45) is 0 Å². The smallest absolute Gasteiger partial charge is 0.338 e. The quantitative estimate of drug-likeness (QED) is 0.751. The van der Waals surface area contributed by atoms with Crippen LogP contribution in [0.25, 0.3) is 11.0 Å². The Labute approximate surface area is 79.3 Å². The molecular weight excluding hydrogens is 184 g/mol. The first-order valence-corrected chi connectivity index (χ1v) is 3.97. The van der Waals surface area contributed by atoms with Crippen molar-refractivity contribution in [3.05, 3.63) is 24.0 Å². The van der Waals surface area contributed by atoms with E-state index in [9.17, 15) is 4.79 Å². The minimum Gasteiger partial charge on any atom is -0.496 e. The molecule has 2 aromatic rings. The van der Waals surface area contributed by atoms with Gasteiger partial charge in [-0.05, 0) is 6.07 Å². The first kappa shape index (κ1) is 8.55. The second-order valence-corrected chi connectivity index (χ2v) is 2.74. The van der Waals surface area contributed by atoms with Crippen LogP contribution in [0.4, 0.5) is 0 Å². The van der Waals surface area contributed by atoms with Gasteiger partial charge in [0.1, 0.15) is 11.4 Å². The van der Waals surface area contributed by atoms with Crippen molar-refractivity contribution in [2.45, 2.75) is 0 Å². The van der Waals surface area contributed by atoms with E-state index in [0.29, 0.717) is 16.8 Å². The van der Waals surface area contributed by atoms with E-state index >= 15 is 0 Å². The number of carbonyl (C=O) groups is 1. The third-order valence-corrected chi connectivity index (χ3v) is 1.99. The van der Waals surface area contributed by atoms with Crippen LogP contribution in [-0.2, 0) is 0 Å². The largest absolute Gasteiger partial charge is 0.496 e. The van der Waals surface area contributed by atoms with Crippen LogP contribution in [0.15, 0.2) is 18.5 Å². The highest BCUT2D eigenvalue weighted by atomic mass is 16.5. The summed E-state index contributed by atoms with van der Waals surface area (Å²) in [6.45, 7) is 0. The maximum absolute atomic E-state index is 10.8. The van der Waals surface area contributed by atoms with E-state index in [-0.39, 0.29) is 5.56 Å². The topological polar surface area (TPSA) is 75.2 Å². The minimum absolute atomic E-state index is 0.171. The van der Waals surface area contributed by atoms with Gasteiger partial charge in [0.2, 0.25) is 0 Å². The van der Waals surface area contributed by atoms with Gasteiger partial charge in [0.05, 0.1) is 18.1 Å². The van der Waals surface area contributed by atoms with Crippen LogP contribution in [0.2, 0.25) is 0 Å². The molecular formula is C9H8N2O3. The third-order valence-electron chi connectivity index (χ3n) is 1.99. The highest BCUT2D eigenvalue weighted by molar-refractivity contribution is 6.04. The molecule has 0 spiro atoms. The number of carboxylic acids is 1. The molecule has 0 unspecified atom stereocenters. The van der Waals surface area contributed by atoms with Crippen LogP contribution in [0.5, 0.6) is 5.75 Å². The lowest BCUT2D eigenvalue weighted by Gasteiger charge is -2.00. The molecule has 0 saturated carbocycles. The van der Waals surface area contributed by atoms with Gasteiger partial charge in [0.25, 0.3) is 0 Å². The second-order valence-electron chi connectivity index (χ2n) is 2.74. The lowest BCUT2D eigenvalue weighted by molar-refractivity contribution is 0.0699. The van der Waals surface area contributed by atoms with Crippen LogP contribution >= 0.6 is 0 Å². The molecule has 0 atom stereocenters. The highest BCUT2D eigenvalue weighted by Crippen LogP contribution is 2.26. The molecule has 0 aliphatic heterocycles. The number of aromatic amines is 1. The Morgan fingerprint density at radius 1 is 1.64 bits per heavy atom. The molecule has 5 heteroatoms. The molecule has 14 heavy (non-hydrogen) atoms. The molecule has 0 saturated heterocycles. The van der Waals surface area contributed by atoms with Gasteiger partial charge in [-0.25, -0.2) is 9.78 Å². The predicted octanol–water partition coefficient (Wildman–Crippen LogP) is 1.27. The van der Waals surface area contributed by atoms with E-state index in [1.165, 1.54) is 13.3 Å². The summed E-state index contributed by atoms with van der Waals surface area (Å²) in [7, 11) is 1.49. The summed E-state index contributed by atoms with van der Waals surface area (Å²) in [6.07, 6.45) is 2.96. The second kappa shape index (κ2) is 3.02. The minimum atomic E-state index is -0.998. The molecule has 2 rings (SSSR count). The fourth-order valence-electron chi connectivity index (χ4n) is 1.37. The highest BCUT2D eigenvalue weighted by Gasteiger charge is 2.14. The Bertz CT molecular complexity index is 490. The van der Waals surface area contributed by atoms with Crippen LogP contribution in [0, 0.1) is 0 Å². The average molecular weight is 192 g/mol. The number of pyridine rings is 1. The molecule has 0 amide bonds. The van der Waals surface area contributed by atoms with Crippen LogP contribution in [-0.4, -0.2) is 28.2 Å². The number of methoxy groups -OCH3 is 1. The molecule has 0 fully saturated rings. The third kappa shape index (κ3) is 1.10. The van der Waals surface area contributed by atoms with E-state index in [1.54, 1.807) is 12.3 Å². The fraction of sp³-hybridized carbons (Fsp3) is 0.111. The maximum Gasteiger partial charge on any atom is 0.338 e. The van der Waals surface area contributed by atoms with Gasteiger partial charge < -0.3 is 14.8 Å². The van der Waals surface area contributed by atoms with Crippen LogP contribution < -0.4 is 4.74 Å². The number of fused-ring (bicyclic) bond motifs is 1. The van der Waals surface area contributed by atoms with E-state index < -0.39 is 5.97 Å². The van der Waals surface area contributed by atoms with Crippen molar-refractivity contribution in [1.29, 1.82) is 0 Å². The standard InChI is InChI=1S/C9H8N2O3/c1-14-6-2-3-10-8-7(6)5(4-11-8)9(12)13/h2-4H,1H3,(H,10,11)(H,12,13). The summed E-state index contributed by atoms with van der Waals surface area (Å²) in [4.78, 5) is 17.6. The lowest BCUT2D eigenvalue weighted by Crippen LogP contribution is -1.95. The molecule has 0 aromatic carbocycles. The Morgan fingerprint density at radius 3 is 3.07 bits per heavy atom. The number of rotatable bonds is 2. The van der Waals surface area contributed by atoms with Crippen molar-refractivity contribution in [2.75, 3.05) is 7.11 Å². The summed E-state index contributed by atoms with van der Waals surface area (Å²) in [5.41, 5.74) is 0.687. The van der Waals surface area contributed by atoms with Crippen LogP contribution in [0.3, 0.4) is 0 Å². The summed E-state index contributed by atoms with van der Waals surface area (Å²) in [6, 6.07) is 1.63. The number of nitrogens with one attached hydrogen (secondary N) is 1. The fourth-order valence-corrected chi connectivity index (χ4v) is 1.37. The molecule has 0 bridgehead atoms. The van der Waals surface area contributed by atoms with Crippen molar-refractivity contribution in [3.8, 4) is 5.75 Å². The summed E-state index contributed by atoms with van der Waals surface area (Å²) >= 11 is 0. The number of nitrogens with zero attached hydrogens (tertiary/aromatic N) is 1. The normalized spacial score (nSPS) is 10.4. The van der Waals surface area contributed by atoms with Gasteiger partial charge >= 0.3 is 5.97 Å². The van der Waals surface area contributed by atoms with Crippen molar-refractivity contribution >= 4 is 17.0 Å². The van der Waals surface area contributed by atoms with E-state index in [2.05, 4.69) is 9.97 Å². The maximum atomic E-state index is 10.8. The molecule has 0 aliphatic rings. The Kier molecular flexibility index (Phi) is 1.85. The van der Waals surface area contributed by atoms with Crippen molar-refractivity contribution in [1.82, 2.24) is 9.97 Å². The van der Waals surface area contributed by atoms with Gasteiger partial charge in [-0.3, -0.25) is 0 Å². The number of hydrogen-bond donors (Lipinski definition) is 2. The zero-order valence-electron chi connectivity index (χ0n) is 7.44. The monoisotopic (exact) mass is 192 g/mol. The van der Waals surface area contributed by atoms with Crippen molar-refractivity contribution < 1.29 is 14.6 Å². The predicted molar refractivity (Wildman–Crippen MR) is 49.6 cm³/mol. The Hall–Kier alpha value is -2.04. The average Bonchev–Trinajstić information content (AvgIpc) is 2.60. The van der Waals surface area contributed by atoms with Gasteiger partial charge in [0.15, 0.2) is 0 Å². The lowest BCUT2D eigenvalue weighted by atomic mass is 10.2. The molecule has 5 nitrogen and oxygen atoms in total. The summed E-state index contributed by atoms with van der Waals surface area (Å²) in [5, 5.41) is 9.39. The zero-order valence-corrected chi connectivity index (χ0v) is 7.44. The van der Waals surface area contributed by atoms with E-state index in [1.807, 2.05) is 0 Å². The molecule has 2 heterocycles. The molecule has 72 valence electrons. The van der Waals surface area contributed by atoms with Crippen molar-refractivity contribution in [3.63, 3.8) is 0 Å². The number of ether oxygens (including phenoxy) is 1. The van der Waals surface area contributed by atoms with Gasteiger partial charge in [-0.15, -0.1) is 0 Å². The van der Waals surface area contributed by atoms with Gasteiger partial charge in [0, 0.05) is 12.4 Å². The Morgan fingerprint density at radius 2 is 2.43 bits per heavy atom. The van der Waals surface area contributed by atoms with E-state index in [0.717, 1.165) is 0 Å². The zero-order chi connectivity index (χ0) is 10.1. The number of aromatic nitrogens is 2. The SMILES string of the molecule is COc1ccnc2[nH]cc(C(=O)O)c12. The van der Waals surface area contributed by atoms with Crippen LogP contribution in [0.1, 0.15) is 10.4 Å². The Balaban J connectivity index is 2.81. The number of aromatic carboxylic acids is 1. The molecule has 0 aliphatic carbocycles. The van der Waals surface area contributed by atoms with E-state index in [4.69, 9.17) is 9.84 Å². The first-order chi connectivity index (χ1) is 6.74. The number of H-pyrrole nitrogens is 1. The summed E-state index contributed by atoms with van der Waals surface area (Å²) < 4.78 is 5.05. The van der Waals surface area contributed by atoms with Gasteiger partial charge in [-0.1, -0.05) is 0 Å². The molecule has 0 radical (unpaired) electrons. The number of hydrogen-bond acceptors (Lipinski definition) is 3. The molecule has 2 N–H and O–H groups in total. The summed E-state index contributed by atoms with van der Waals surface area (Å²) in [5.74, 6) is -0.490. The molecule has 2 aromatic heterocycles. The van der Waals surface area contributed by atoms with Gasteiger partial charge in [-0.2, -0.15) is 0 Å².